The largest absolute Gasteiger partial charge is 0.416 e. The maximum atomic E-state index is 13.3. The summed E-state index contributed by atoms with van der Waals surface area (Å²) in [4.78, 5) is 24.9. The van der Waals surface area contributed by atoms with Crippen LogP contribution < -0.4 is 10.9 Å². The topological polar surface area (TPSA) is 71.3 Å². The summed E-state index contributed by atoms with van der Waals surface area (Å²) in [5.41, 5.74) is -3.92. The van der Waals surface area contributed by atoms with Gasteiger partial charge in [-0.1, -0.05) is 12.1 Å². The van der Waals surface area contributed by atoms with Crippen LogP contribution in [0.2, 0.25) is 0 Å². The fourth-order valence-electron chi connectivity index (χ4n) is 3.25. The van der Waals surface area contributed by atoms with Gasteiger partial charge in [-0.3, -0.25) is 9.59 Å². The summed E-state index contributed by atoms with van der Waals surface area (Å²) in [5.74, 6) is -0.901. The second-order valence-electron chi connectivity index (χ2n) is 6.90. The molecule has 1 amide bonds. The quantitative estimate of drug-likeness (QED) is 0.563. The van der Waals surface area contributed by atoms with E-state index in [9.17, 15) is 35.9 Å². The average molecular weight is 458 g/mol. The van der Waals surface area contributed by atoms with E-state index in [1.807, 2.05) is 0 Å². The highest BCUT2D eigenvalue weighted by molar-refractivity contribution is 6.02. The molecule has 0 radical (unpaired) electrons. The molecule has 0 saturated carbocycles. The third-order valence-electron chi connectivity index (χ3n) is 4.73. The SMILES string of the molecule is O=C(Cc1ccc(C(F)(F)F)cc1C(F)(F)F)Nc1cccc2c(=O)n(CCO)ccc12. The number of alkyl halides is 6. The molecule has 0 bridgehead atoms. The van der Waals surface area contributed by atoms with Crippen molar-refractivity contribution in [2.45, 2.75) is 25.3 Å². The molecule has 3 rings (SSSR count). The van der Waals surface area contributed by atoms with Crippen molar-refractivity contribution in [2.75, 3.05) is 11.9 Å². The minimum absolute atomic E-state index is 0.0237. The second kappa shape index (κ2) is 8.65. The van der Waals surface area contributed by atoms with Crippen LogP contribution in [0.15, 0.2) is 53.5 Å². The zero-order valence-corrected chi connectivity index (χ0v) is 16.2. The lowest BCUT2D eigenvalue weighted by Gasteiger charge is -2.16. The number of aromatic nitrogens is 1. The number of nitrogens with zero attached hydrogens (tertiary/aromatic N) is 1. The van der Waals surface area contributed by atoms with Crippen LogP contribution in [-0.4, -0.2) is 22.2 Å². The molecule has 0 atom stereocenters. The monoisotopic (exact) mass is 458 g/mol. The molecule has 0 aliphatic carbocycles. The molecule has 2 aromatic carbocycles. The number of hydrogen-bond acceptors (Lipinski definition) is 3. The number of nitrogens with one attached hydrogen (secondary N) is 1. The summed E-state index contributed by atoms with van der Waals surface area (Å²) in [6, 6.07) is 6.97. The van der Waals surface area contributed by atoms with Crippen LogP contribution in [0.1, 0.15) is 16.7 Å². The molecular formula is C21H16F6N2O3. The Hall–Kier alpha value is -3.34. The molecule has 0 spiro atoms. The highest BCUT2D eigenvalue weighted by Crippen LogP contribution is 2.37. The highest BCUT2D eigenvalue weighted by atomic mass is 19.4. The zero-order chi connectivity index (χ0) is 23.7. The molecule has 0 unspecified atom stereocenters. The van der Waals surface area contributed by atoms with Gasteiger partial charge in [0.1, 0.15) is 0 Å². The Morgan fingerprint density at radius 3 is 2.31 bits per heavy atom. The van der Waals surface area contributed by atoms with E-state index in [-0.39, 0.29) is 30.3 Å². The summed E-state index contributed by atoms with van der Waals surface area (Å²) in [5, 5.41) is 12.0. The van der Waals surface area contributed by atoms with Crippen LogP contribution in [0.5, 0.6) is 0 Å². The molecule has 0 aliphatic rings. The number of benzene rings is 2. The van der Waals surface area contributed by atoms with Crippen molar-refractivity contribution < 1.29 is 36.2 Å². The predicted octanol–water partition coefficient (Wildman–Crippen LogP) is 4.21. The molecule has 170 valence electrons. The van der Waals surface area contributed by atoms with Crippen LogP contribution in [0.25, 0.3) is 10.8 Å². The number of rotatable bonds is 5. The molecule has 1 heterocycles. The van der Waals surface area contributed by atoms with Crippen LogP contribution in [0, 0.1) is 0 Å². The van der Waals surface area contributed by atoms with Gasteiger partial charge in [-0.05, 0) is 35.9 Å². The van der Waals surface area contributed by atoms with Crippen molar-refractivity contribution in [1.82, 2.24) is 4.57 Å². The molecule has 0 saturated heterocycles. The summed E-state index contributed by atoms with van der Waals surface area (Å²) in [6.45, 7) is -0.212. The minimum atomic E-state index is -5.09. The van der Waals surface area contributed by atoms with Crippen LogP contribution in [-0.2, 0) is 30.1 Å². The van der Waals surface area contributed by atoms with Gasteiger partial charge in [-0.15, -0.1) is 0 Å². The van der Waals surface area contributed by atoms with E-state index >= 15 is 0 Å². The van der Waals surface area contributed by atoms with E-state index in [0.717, 1.165) is 0 Å². The fraction of sp³-hybridized carbons (Fsp3) is 0.238. The number of anilines is 1. The van der Waals surface area contributed by atoms with Crippen molar-refractivity contribution in [3.8, 4) is 0 Å². The van der Waals surface area contributed by atoms with Gasteiger partial charge in [0.2, 0.25) is 5.91 Å². The molecule has 3 aromatic rings. The average Bonchev–Trinajstić information content (AvgIpc) is 2.69. The molecular weight excluding hydrogens is 442 g/mol. The van der Waals surface area contributed by atoms with Crippen molar-refractivity contribution in [3.05, 3.63) is 75.7 Å². The Bertz CT molecular complexity index is 1210. The summed E-state index contributed by atoms with van der Waals surface area (Å²) >= 11 is 0. The van der Waals surface area contributed by atoms with Gasteiger partial charge in [0.05, 0.1) is 24.2 Å². The number of carbonyl (C=O) groups excluding carboxylic acids is 1. The first-order valence-corrected chi connectivity index (χ1v) is 9.22. The summed E-state index contributed by atoms with van der Waals surface area (Å²) in [7, 11) is 0. The molecule has 2 N–H and O–H groups in total. The Kier molecular flexibility index (Phi) is 6.31. The van der Waals surface area contributed by atoms with E-state index in [1.54, 1.807) is 0 Å². The number of amides is 1. The molecule has 11 heteroatoms. The van der Waals surface area contributed by atoms with Crippen molar-refractivity contribution >= 4 is 22.4 Å². The number of hydrogen-bond donors (Lipinski definition) is 2. The van der Waals surface area contributed by atoms with E-state index in [1.165, 1.54) is 35.0 Å². The maximum absolute atomic E-state index is 13.3. The Balaban J connectivity index is 1.92. The Morgan fingerprint density at radius 1 is 0.969 bits per heavy atom. The normalized spacial score (nSPS) is 12.2. The van der Waals surface area contributed by atoms with Gasteiger partial charge in [-0.2, -0.15) is 26.3 Å². The van der Waals surface area contributed by atoms with Gasteiger partial charge in [0.25, 0.3) is 5.56 Å². The molecule has 1 aromatic heterocycles. The number of fused-ring (bicyclic) bond motifs is 1. The molecule has 0 fully saturated rings. The second-order valence-corrected chi connectivity index (χ2v) is 6.90. The van der Waals surface area contributed by atoms with E-state index < -0.39 is 46.9 Å². The standard InChI is InChI=1S/C21H16F6N2O3/c22-20(23,24)13-5-4-12(16(11-13)21(25,26)27)10-18(31)28-17-3-1-2-15-14(17)6-7-29(8-9-30)19(15)32/h1-7,11,30H,8-10H2,(H,28,31). The fourth-order valence-corrected chi connectivity index (χ4v) is 3.25. The number of aliphatic hydroxyl groups excluding tert-OH is 1. The van der Waals surface area contributed by atoms with Gasteiger partial charge in [0, 0.05) is 29.2 Å². The van der Waals surface area contributed by atoms with E-state index in [4.69, 9.17) is 5.11 Å². The molecule has 0 aliphatic heterocycles. The highest BCUT2D eigenvalue weighted by Gasteiger charge is 2.38. The van der Waals surface area contributed by atoms with Crippen molar-refractivity contribution in [2.24, 2.45) is 0 Å². The number of halogens is 6. The lowest BCUT2D eigenvalue weighted by atomic mass is 10.00. The van der Waals surface area contributed by atoms with Crippen LogP contribution in [0.3, 0.4) is 0 Å². The van der Waals surface area contributed by atoms with Crippen LogP contribution in [0.4, 0.5) is 32.0 Å². The zero-order valence-electron chi connectivity index (χ0n) is 16.2. The summed E-state index contributed by atoms with van der Waals surface area (Å²) in [6.07, 6.45) is -9.49. The first-order chi connectivity index (χ1) is 14.9. The maximum Gasteiger partial charge on any atom is 0.416 e. The minimum Gasteiger partial charge on any atom is -0.395 e. The Labute approximate surface area is 176 Å². The van der Waals surface area contributed by atoms with Crippen molar-refractivity contribution in [3.63, 3.8) is 0 Å². The van der Waals surface area contributed by atoms with Crippen molar-refractivity contribution in [1.29, 1.82) is 0 Å². The Morgan fingerprint density at radius 2 is 1.69 bits per heavy atom. The molecule has 32 heavy (non-hydrogen) atoms. The van der Waals surface area contributed by atoms with Gasteiger partial charge >= 0.3 is 12.4 Å². The van der Waals surface area contributed by atoms with Gasteiger partial charge in [-0.25, -0.2) is 0 Å². The first kappa shape index (κ1) is 23.3. The third kappa shape index (κ3) is 4.93. The number of carbonyl (C=O) groups is 1. The number of pyridine rings is 1. The summed E-state index contributed by atoms with van der Waals surface area (Å²) < 4.78 is 79.6. The first-order valence-electron chi connectivity index (χ1n) is 9.22. The van der Waals surface area contributed by atoms with Crippen LogP contribution >= 0.6 is 0 Å². The lowest BCUT2D eigenvalue weighted by Crippen LogP contribution is -2.22. The third-order valence-corrected chi connectivity index (χ3v) is 4.73. The smallest absolute Gasteiger partial charge is 0.395 e. The van der Waals surface area contributed by atoms with Gasteiger partial charge in [0.15, 0.2) is 0 Å². The van der Waals surface area contributed by atoms with Gasteiger partial charge < -0.3 is 15.0 Å². The van der Waals surface area contributed by atoms with E-state index in [2.05, 4.69) is 5.32 Å². The molecule has 5 nitrogen and oxygen atoms in total. The lowest BCUT2D eigenvalue weighted by molar-refractivity contribution is -0.143. The van der Waals surface area contributed by atoms with E-state index in [0.29, 0.717) is 17.5 Å². The predicted molar refractivity (Wildman–Crippen MR) is 104 cm³/mol. The number of aliphatic hydroxyl groups is 1.